The average molecular weight is 501 g/mol. The Morgan fingerprint density at radius 3 is 1.97 bits per heavy atom. The average Bonchev–Trinajstić information content (AvgIpc) is 2.91. The Morgan fingerprint density at radius 1 is 0.944 bits per heavy atom. The van der Waals surface area contributed by atoms with Crippen LogP contribution in [0.1, 0.15) is 97.5 Å². The molecule has 200 valence electrons. The second-order valence-electron chi connectivity index (χ2n) is 13.1. The molecule has 1 amide bonds. The van der Waals surface area contributed by atoms with Gasteiger partial charge in [0.2, 0.25) is 0 Å². The molecule has 0 aromatic heterocycles. The Morgan fingerprint density at radius 2 is 1.47 bits per heavy atom. The molecule has 2 aliphatic rings. The van der Waals surface area contributed by atoms with Crippen molar-refractivity contribution in [1.29, 1.82) is 0 Å². The van der Waals surface area contributed by atoms with E-state index in [2.05, 4.69) is 27.7 Å². The minimum absolute atomic E-state index is 0.0537. The first kappa shape index (κ1) is 28.5. The molecule has 36 heavy (non-hydrogen) atoms. The molecule has 7 nitrogen and oxygen atoms in total. The molecule has 0 saturated carbocycles. The van der Waals surface area contributed by atoms with Gasteiger partial charge < -0.3 is 23.7 Å². The monoisotopic (exact) mass is 501 g/mol. The van der Waals surface area contributed by atoms with E-state index in [0.29, 0.717) is 18.7 Å². The van der Waals surface area contributed by atoms with Crippen LogP contribution < -0.4 is 0 Å². The summed E-state index contributed by atoms with van der Waals surface area (Å²) in [6, 6.07) is 7.56. The van der Waals surface area contributed by atoms with Crippen LogP contribution in [0.3, 0.4) is 0 Å². The first-order valence-corrected chi connectivity index (χ1v) is 13.0. The number of ether oxygens (including phenoxy) is 2. The number of benzene rings is 1. The molecule has 0 bridgehead atoms. The summed E-state index contributed by atoms with van der Waals surface area (Å²) in [6.07, 6.45) is 1.24. The van der Waals surface area contributed by atoms with E-state index in [1.54, 1.807) is 4.90 Å². The van der Waals surface area contributed by atoms with Gasteiger partial charge in [-0.15, -0.1) is 0 Å². The number of amides is 1. The molecule has 2 fully saturated rings. The van der Waals surface area contributed by atoms with E-state index in [9.17, 15) is 9.59 Å². The van der Waals surface area contributed by atoms with Crippen molar-refractivity contribution in [3.05, 3.63) is 35.4 Å². The molecule has 2 heterocycles. The van der Waals surface area contributed by atoms with Gasteiger partial charge in [-0.25, -0.2) is 9.59 Å². The van der Waals surface area contributed by atoms with Crippen molar-refractivity contribution >= 4 is 19.2 Å². The molecule has 8 heteroatoms. The van der Waals surface area contributed by atoms with Gasteiger partial charge in [0.05, 0.1) is 16.8 Å². The van der Waals surface area contributed by atoms with Crippen LogP contribution in [0.4, 0.5) is 4.79 Å². The van der Waals surface area contributed by atoms with Crippen LogP contribution in [0.5, 0.6) is 0 Å². The highest BCUT2D eigenvalue weighted by Gasteiger charge is 2.52. The second kappa shape index (κ2) is 10.0. The molecular weight excluding hydrogens is 457 g/mol. The largest absolute Gasteiger partial charge is 0.458 e. The zero-order valence-electron chi connectivity index (χ0n) is 23.8. The van der Waals surface area contributed by atoms with Crippen LogP contribution in [0, 0.1) is 5.92 Å². The van der Waals surface area contributed by atoms with Crippen LogP contribution in [0.2, 0.25) is 6.32 Å². The predicted octanol–water partition coefficient (Wildman–Crippen LogP) is 6.07. The zero-order chi connectivity index (χ0) is 27.1. The van der Waals surface area contributed by atoms with Gasteiger partial charge in [-0.2, -0.15) is 0 Å². The topological polar surface area (TPSA) is 74.3 Å². The number of esters is 1. The molecule has 0 radical (unpaired) electrons. The fourth-order valence-electron chi connectivity index (χ4n) is 4.66. The summed E-state index contributed by atoms with van der Waals surface area (Å²) < 4.78 is 23.8. The molecule has 2 atom stereocenters. The number of likely N-dealkylation sites (tertiary alicyclic amines) is 1. The number of piperidine rings is 1. The quantitative estimate of drug-likeness (QED) is 0.368. The molecule has 3 rings (SSSR count). The van der Waals surface area contributed by atoms with Crippen LogP contribution in [0.15, 0.2) is 24.3 Å². The van der Waals surface area contributed by atoms with Crippen molar-refractivity contribution < 1.29 is 28.4 Å². The smallest absolute Gasteiger partial charge is 0.456 e. The Kier molecular flexibility index (Phi) is 7.93. The van der Waals surface area contributed by atoms with E-state index >= 15 is 0 Å². The first-order chi connectivity index (χ1) is 16.4. The van der Waals surface area contributed by atoms with E-state index in [4.69, 9.17) is 18.8 Å². The molecule has 0 unspecified atom stereocenters. The number of hydrogen-bond acceptors (Lipinski definition) is 6. The van der Waals surface area contributed by atoms with Crippen LogP contribution >= 0.6 is 0 Å². The maximum atomic E-state index is 12.9. The van der Waals surface area contributed by atoms with Crippen molar-refractivity contribution in [2.45, 2.75) is 110 Å². The Hall–Kier alpha value is -2.06. The fraction of sp³-hybridized carbons (Fsp3) is 0.714. The molecule has 2 saturated heterocycles. The van der Waals surface area contributed by atoms with Gasteiger partial charge in [-0.05, 0) is 106 Å². The summed E-state index contributed by atoms with van der Waals surface area (Å²) in [6.45, 7) is 20.6. The Bertz CT molecular complexity index is 928. The normalized spacial score (nSPS) is 23.9. The third kappa shape index (κ3) is 7.03. The van der Waals surface area contributed by atoms with Gasteiger partial charge in [0, 0.05) is 19.0 Å². The minimum Gasteiger partial charge on any atom is -0.456 e. The van der Waals surface area contributed by atoms with E-state index in [1.807, 2.05) is 65.8 Å². The summed E-state index contributed by atoms with van der Waals surface area (Å²) in [4.78, 5) is 27.2. The van der Waals surface area contributed by atoms with Gasteiger partial charge >= 0.3 is 19.2 Å². The van der Waals surface area contributed by atoms with Gasteiger partial charge in [0.15, 0.2) is 0 Å². The van der Waals surface area contributed by atoms with Crippen LogP contribution in [-0.2, 0) is 18.8 Å². The fourth-order valence-corrected chi connectivity index (χ4v) is 4.66. The highest BCUT2D eigenvalue weighted by atomic mass is 16.7. The lowest BCUT2D eigenvalue weighted by Gasteiger charge is -2.39. The lowest BCUT2D eigenvalue weighted by Crippen LogP contribution is -2.45. The second-order valence-corrected chi connectivity index (χ2v) is 13.1. The van der Waals surface area contributed by atoms with Crippen molar-refractivity contribution in [2.24, 2.45) is 5.92 Å². The van der Waals surface area contributed by atoms with Gasteiger partial charge in [-0.1, -0.05) is 12.1 Å². The Balaban J connectivity index is 1.81. The molecule has 0 N–H and O–H groups in total. The van der Waals surface area contributed by atoms with Crippen molar-refractivity contribution in [3.8, 4) is 0 Å². The summed E-state index contributed by atoms with van der Waals surface area (Å²) in [5.74, 6) is -0.0504. The molecule has 2 aliphatic heterocycles. The standard InChI is InChI=1S/C28H44BNO6/c1-25(2,3)33-23(31)20-13-11-19(12-14-20)22-18-30(24(32)34-26(4,5)6)16-15-21(22)17-29-35-27(7,8)28(9,10)36-29/h11-14,21-22H,15-18H2,1-10H3/t21-,22-/m0/s1. The lowest BCUT2D eigenvalue weighted by molar-refractivity contribution is 0.00578. The summed E-state index contributed by atoms with van der Waals surface area (Å²) in [5.41, 5.74) is -0.311. The van der Waals surface area contributed by atoms with Gasteiger partial charge in [0.1, 0.15) is 11.2 Å². The van der Waals surface area contributed by atoms with Crippen LogP contribution in [-0.4, -0.2) is 59.6 Å². The van der Waals surface area contributed by atoms with E-state index < -0.39 is 11.2 Å². The van der Waals surface area contributed by atoms with Crippen LogP contribution in [0.25, 0.3) is 0 Å². The molecule has 0 spiro atoms. The van der Waals surface area contributed by atoms with E-state index in [0.717, 1.165) is 18.3 Å². The molecule has 0 aliphatic carbocycles. The highest BCUT2D eigenvalue weighted by molar-refractivity contribution is 6.45. The summed E-state index contributed by atoms with van der Waals surface area (Å²) in [7, 11) is -0.309. The third-order valence-electron chi connectivity index (χ3n) is 7.18. The van der Waals surface area contributed by atoms with E-state index in [1.165, 1.54) is 0 Å². The van der Waals surface area contributed by atoms with Crippen molar-refractivity contribution in [1.82, 2.24) is 4.90 Å². The van der Waals surface area contributed by atoms with E-state index in [-0.39, 0.29) is 42.2 Å². The summed E-state index contributed by atoms with van der Waals surface area (Å²) >= 11 is 0. The summed E-state index contributed by atoms with van der Waals surface area (Å²) in [5, 5.41) is 0. The molecule has 1 aromatic rings. The van der Waals surface area contributed by atoms with Gasteiger partial charge in [0.25, 0.3) is 0 Å². The number of rotatable bonds is 4. The number of nitrogens with zero attached hydrogens (tertiary/aromatic N) is 1. The number of carbonyl (C=O) groups excluding carboxylic acids is 2. The van der Waals surface area contributed by atoms with Crippen molar-refractivity contribution in [3.63, 3.8) is 0 Å². The lowest BCUT2D eigenvalue weighted by atomic mass is 9.68. The first-order valence-electron chi connectivity index (χ1n) is 13.0. The minimum atomic E-state index is -0.555. The SMILES string of the molecule is CC(C)(C)OC(=O)c1ccc([C@@H]2CN(C(=O)OC(C)(C)C)CC[C@H]2CB2OC(C)(C)C(C)(C)O2)cc1. The maximum Gasteiger partial charge on any atom is 0.458 e. The third-order valence-corrected chi connectivity index (χ3v) is 7.18. The predicted molar refractivity (Wildman–Crippen MR) is 141 cm³/mol. The Labute approximate surface area is 217 Å². The molecular formula is C28H44BNO6. The maximum absolute atomic E-state index is 12.9. The zero-order valence-corrected chi connectivity index (χ0v) is 23.8. The van der Waals surface area contributed by atoms with Gasteiger partial charge in [-0.3, -0.25) is 0 Å². The van der Waals surface area contributed by atoms with Crippen molar-refractivity contribution in [2.75, 3.05) is 13.1 Å². The highest BCUT2D eigenvalue weighted by Crippen LogP contribution is 2.42. The molecule has 1 aromatic carbocycles. The number of hydrogen-bond donors (Lipinski definition) is 0. The number of carbonyl (C=O) groups is 2.